The highest BCUT2D eigenvalue weighted by Crippen LogP contribution is 2.36. The average Bonchev–Trinajstić information content (AvgIpc) is 2.62. The SMILES string of the molecule is CC(C)N(C)C(=O)CN1C(=O)C(N)c2cc(Br)ccc21. The topological polar surface area (TPSA) is 66.6 Å². The second-order valence-corrected chi connectivity index (χ2v) is 6.12. The Labute approximate surface area is 126 Å². The summed E-state index contributed by atoms with van der Waals surface area (Å²) in [4.78, 5) is 27.5. The fraction of sp³-hybridized carbons (Fsp3) is 0.429. The summed E-state index contributed by atoms with van der Waals surface area (Å²) in [6.45, 7) is 3.89. The quantitative estimate of drug-likeness (QED) is 0.910. The lowest BCUT2D eigenvalue weighted by molar-refractivity contribution is -0.131. The zero-order valence-electron chi connectivity index (χ0n) is 11.8. The van der Waals surface area contributed by atoms with E-state index in [1.807, 2.05) is 32.0 Å². The smallest absolute Gasteiger partial charge is 0.249 e. The van der Waals surface area contributed by atoms with Gasteiger partial charge in [0.1, 0.15) is 12.6 Å². The van der Waals surface area contributed by atoms with E-state index in [1.54, 1.807) is 11.9 Å². The molecule has 1 heterocycles. The molecule has 1 aromatic rings. The van der Waals surface area contributed by atoms with Crippen molar-refractivity contribution in [3.63, 3.8) is 0 Å². The van der Waals surface area contributed by atoms with Gasteiger partial charge < -0.3 is 15.5 Å². The Balaban J connectivity index is 2.26. The molecule has 0 radical (unpaired) electrons. The molecular weight excluding hydrogens is 322 g/mol. The van der Waals surface area contributed by atoms with E-state index in [2.05, 4.69) is 15.9 Å². The number of anilines is 1. The minimum Gasteiger partial charge on any atom is -0.342 e. The van der Waals surface area contributed by atoms with E-state index in [9.17, 15) is 9.59 Å². The van der Waals surface area contributed by atoms with Gasteiger partial charge >= 0.3 is 0 Å². The third-order valence-electron chi connectivity index (χ3n) is 3.61. The molecule has 108 valence electrons. The van der Waals surface area contributed by atoms with Gasteiger partial charge in [-0.05, 0) is 32.0 Å². The summed E-state index contributed by atoms with van der Waals surface area (Å²) in [7, 11) is 1.73. The Morgan fingerprint density at radius 3 is 2.75 bits per heavy atom. The molecular formula is C14H18BrN3O2. The molecule has 1 atom stereocenters. The minimum atomic E-state index is -0.695. The third kappa shape index (κ3) is 2.58. The van der Waals surface area contributed by atoms with Gasteiger partial charge in [0.2, 0.25) is 11.8 Å². The highest BCUT2D eigenvalue weighted by atomic mass is 79.9. The second kappa shape index (κ2) is 5.54. The summed E-state index contributed by atoms with van der Waals surface area (Å²) < 4.78 is 0.868. The molecule has 0 saturated heterocycles. The summed E-state index contributed by atoms with van der Waals surface area (Å²) in [6, 6.07) is 4.88. The van der Waals surface area contributed by atoms with Crippen LogP contribution in [0.4, 0.5) is 5.69 Å². The molecule has 20 heavy (non-hydrogen) atoms. The Bertz CT molecular complexity index is 559. The van der Waals surface area contributed by atoms with Gasteiger partial charge in [-0.2, -0.15) is 0 Å². The van der Waals surface area contributed by atoms with Gasteiger partial charge in [0, 0.05) is 28.8 Å². The van der Waals surface area contributed by atoms with E-state index in [1.165, 1.54) is 4.90 Å². The number of nitrogens with zero attached hydrogens (tertiary/aromatic N) is 2. The Morgan fingerprint density at radius 2 is 2.15 bits per heavy atom. The van der Waals surface area contributed by atoms with E-state index >= 15 is 0 Å². The van der Waals surface area contributed by atoms with Crippen molar-refractivity contribution < 1.29 is 9.59 Å². The summed E-state index contributed by atoms with van der Waals surface area (Å²) in [6.07, 6.45) is 0. The van der Waals surface area contributed by atoms with Crippen LogP contribution in [-0.4, -0.2) is 36.3 Å². The highest BCUT2D eigenvalue weighted by Gasteiger charge is 2.36. The number of benzene rings is 1. The number of carbonyl (C=O) groups excluding carboxylic acids is 2. The minimum absolute atomic E-state index is 0.0237. The number of rotatable bonds is 3. The van der Waals surface area contributed by atoms with Gasteiger partial charge in [-0.15, -0.1) is 0 Å². The Morgan fingerprint density at radius 1 is 1.50 bits per heavy atom. The van der Waals surface area contributed by atoms with Crippen molar-refractivity contribution in [2.24, 2.45) is 5.73 Å². The van der Waals surface area contributed by atoms with Crippen LogP contribution in [0, 0.1) is 0 Å². The van der Waals surface area contributed by atoms with Crippen LogP contribution in [-0.2, 0) is 9.59 Å². The number of hydrogen-bond donors (Lipinski definition) is 1. The molecule has 0 aliphatic carbocycles. The monoisotopic (exact) mass is 339 g/mol. The van der Waals surface area contributed by atoms with Gasteiger partial charge in [-0.1, -0.05) is 15.9 Å². The van der Waals surface area contributed by atoms with Crippen LogP contribution in [0.1, 0.15) is 25.5 Å². The van der Waals surface area contributed by atoms with Crippen LogP contribution in [0.2, 0.25) is 0 Å². The van der Waals surface area contributed by atoms with Crippen LogP contribution in [0.5, 0.6) is 0 Å². The number of halogens is 1. The first-order chi connectivity index (χ1) is 9.32. The molecule has 0 fully saturated rings. The molecule has 5 nitrogen and oxygen atoms in total. The first-order valence-electron chi connectivity index (χ1n) is 6.45. The summed E-state index contributed by atoms with van der Waals surface area (Å²) in [5.41, 5.74) is 7.40. The predicted molar refractivity (Wildman–Crippen MR) is 81.3 cm³/mol. The first-order valence-corrected chi connectivity index (χ1v) is 7.24. The predicted octanol–water partition coefficient (Wildman–Crippen LogP) is 1.66. The zero-order valence-corrected chi connectivity index (χ0v) is 13.3. The number of nitrogens with two attached hydrogens (primary N) is 1. The van der Waals surface area contributed by atoms with Gasteiger partial charge in [0.25, 0.3) is 0 Å². The lowest BCUT2D eigenvalue weighted by Crippen LogP contribution is -2.43. The van der Waals surface area contributed by atoms with Gasteiger partial charge in [-0.3, -0.25) is 9.59 Å². The number of carbonyl (C=O) groups is 2. The maximum Gasteiger partial charge on any atom is 0.249 e. The summed E-state index contributed by atoms with van der Waals surface area (Å²) in [5, 5.41) is 0. The maximum atomic E-state index is 12.2. The standard InChI is InChI=1S/C14H18BrN3O2/c1-8(2)17(3)12(19)7-18-11-5-4-9(15)6-10(11)13(16)14(18)20/h4-6,8,13H,7,16H2,1-3H3. The molecule has 0 aromatic heterocycles. The van der Waals surface area contributed by atoms with Gasteiger partial charge in [-0.25, -0.2) is 0 Å². The maximum absolute atomic E-state index is 12.2. The lowest BCUT2D eigenvalue weighted by atomic mass is 10.1. The van der Waals surface area contributed by atoms with Crippen molar-refractivity contribution >= 4 is 33.4 Å². The van der Waals surface area contributed by atoms with Crippen molar-refractivity contribution in [2.75, 3.05) is 18.5 Å². The summed E-state index contributed by atoms with van der Waals surface area (Å²) in [5.74, 6) is -0.333. The van der Waals surface area contributed by atoms with E-state index in [-0.39, 0.29) is 24.4 Å². The van der Waals surface area contributed by atoms with E-state index in [4.69, 9.17) is 5.73 Å². The Hall–Kier alpha value is -1.40. The Kier molecular flexibility index (Phi) is 4.15. The molecule has 0 bridgehead atoms. The van der Waals surface area contributed by atoms with Crippen molar-refractivity contribution in [1.29, 1.82) is 0 Å². The molecule has 2 amide bonds. The van der Waals surface area contributed by atoms with Gasteiger partial charge in [0.05, 0.1) is 0 Å². The highest BCUT2D eigenvalue weighted by molar-refractivity contribution is 9.10. The molecule has 6 heteroatoms. The zero-order chi connectivity index (χ0) is 15.0. The average molecular weight is 340 g/mol. The van der Waals surface area contributed by atoms with Crippen molar-refractivity contribution in [3.05, 3.63) is 28.2 Å². The largest absolute Gasteiger partial charge is 0.342 e. The summed E-state index contributed by atoms with van der Waals surface area (Å²) >= 11 is 3.36. The fourth-order valence-corrected chi connectivity index (χ4v) is 2.52. The molecule has 1 aliphatic heterocycles. The van der Waals surface area contributed by atoms with Crippen LogP contribution in [0.25, 0.3) is 0 Å². The van der Waals surface area contributed by atoms with Gasteiger partial charge in [0.15, 0.2) is 0 Å². The van der Waals surface area contributed by atoms with Crippen LogP contribution in [0.15, 0.2) is 22.7 Å². The fourth-order valence-electron chi connectivity index (χ4n) is 2.14. The van der Waals surface area contributed by atoms with Crippen LogP contribution >= 0.6 is 15.9 Å². The van der Waals surface area contributed by atoms with Crippen molar-refractivity contribution in [3.8, 4) is 0 Å². The molecule has 1 aromatic carbocycles. The molecule has 0 spiro atoms. The third-order valence-corrected chi connectivity index (χ3v) is 4.10. The van der Waals surface area contributed by atoms with Crippen molar-refractivity contribution in [2.45, 2.75) is 25.9 Å². The molecule has 1 unspecified atom stereocenters. The first kappa shape index (κ1) is 15.0. The normalized spacial score (nSPS) is 17.6. The number of likely N-dealkylation sites (N-methyl/N-ethyl adjacent to an activating group) is 1. The number of fused-ring (bicyclic) bond motifs is 1. The number of amides is 2. The molecule has 0 saturated carbocycles. The molecule has 2 rings (SSSR count). The van der Waals surface area contributed by atoms with E-state index < -0.39 is 6.04 Å². The van der Waals surface area contributed by atoms with E-state index in [0.717, 1.165) is 15.7 Å². The van der Waals surface area contributed by atoms with E-state index in [0.29, 0.717) is 0 Å². The van der Waals surface area contributed by atoms with Crippen LogP contribution < -0.4 is 10.6 Å². The molecule has 1 aliphatic rings. The van der Waals surface area contributed by atoms with Crippen molar-refractivity contribution in [1.82, 2.24) is 4.90 Å². The van der Waals surface area contributed by atoms with Crippen LogP contribution in [0.3, 0.4) is 0 Å². The second-order valence-electron chi connectivity index (χ2n) is 5.20. The lowest BCUT2D eigenvalue weighted by Gasteiger charge is -2.25. The molecule has 2 N–H and O–H groups in total. The number of hydrogen-bond acceptors (Lipinski definition) is 3.